The summed E-state index contributed by atoms with van der Waals surface area (Å²) in [6.07, 6.45) is 2.99. The first-order chi connectivity index (χ1) is 8.57. The zero-order valence-corrected chi connectivity index (χ0v) is 12.1. The number of pyridine rings is 1. The lowest BCUT2D eigenvalue weighted by Gasteiger charge is -2.17. The van der Waals surface area contributed by atoms with Crippen LogP contribution in [-0.4, -0.2) is 43.9 Å². The molecule has 0 amide bonds. The number of sulfonamides is 1. The highest BCUT2D eigenvalue weighted by atomic mass is 79.9. The Labute approximate surface area is 115 Å². The first kappa shape index (κ1) is 12.5. The first-order valence-corrected chi connectivity index (χ1v) is 8.12. The largest absolute Gasteiger partial charge is 0.316 e. The third-order valence-electron chi connectivity index (χ3n) is 3.67. The van der Waals surface area contributed by atoms with E-state index in [2.05, 4.69) is 26.2 Å². The van der Waals surface area contributed by atoms with Crippen LogP contribution in [0.5, 0.6) is 0 Å². The summed E-state index contributed by atoms with van der Waals surface area (Å²) in [6, 6.07) is 1.61. The van der Waals surface area contributed by atoms with E-state index >= 15 is 0 Å². The minimum atomic E-state index is -3.39. The smallest absolute Gasteiger partial charge is 0.244 e. The Morgan fingerprint density at radius 3 is 2.56 bits per heavy atom. The minimum Gasteiger partial charge on any atom is -0.316 e. The van der Waals surface area contributed by atoms with Crippen LogP contribution in [-0.2, 0) is 10.0 Å². The molecule has 0 saturated carbocycles. The van der Waals surface area contributed by atoms with Gasteiger partial charge in [0, 0.05) is 30.0 Å². The van der Waals surface area contributed by atoms with Crippen molar-refractivity contribution in [3.63, 3.8) is 0 Å². The lowest BCUT2D eigenvalue weighted by molar-refractivity contribution is 0.447. The molecule has 98 valence electrons. The van der Waals surface area contributed by atoms with E-state index in [9.17, 15) is 8.42 Å². The first-order valence-electron chi connectivity index (χ1n) is 5.89. The van der Waals surface area contributed by atoms with E-state index in [-0.39, 0.29) is 4.90 Å². The van der Waals surface area contributed by atoms with Gasteiger partial charge in [-0.25, -0.2) is 8.42 Å². The van der Waals surface area contributed by atoms with Gasteiger partial charge < -0.3 is 5.32 Å². The standard InChI is InChI=1S/C11H14BrN3O2S/c12-10-1-11(5-14-4-10)18(16,17)15-6-8-2-13-3-9(8)7-15/h1,4-5,8-9,13H,2-3,6-7H2. The van der Waals surface area contributed by atoms with Crippen LogP contribution in [0.15, 0.2) is 27.8 Å². The molecule has 1 aromatic rings. The SMILES string of the molecule is O=S(=O)(c1cncc(Br)c1)N1CC2CNCC2C1. The van der Waals surface area contributed by atoms with Crippen LogP contribution in [0.2, 0.25) is 0 Å². The summed E-state index contributed by atoms with van der Waals surface area (Å²) in [6.45, 7) is 3.08. The molecule has 2 atom stereocenters. The second-order valence-corrected chi connectivity index (χ2v) is 7.69. The quantitative estimate of drug-likeness (QED) is 0.865. The highest BCUT2D eigenvalue weighted by Crippen LogP contribution is 2.30. The molecule has 1 N–H and O–H groups in total. The van der Waals surface area contributed by atoms with E-state index in [0.29, 0.717) is 29.4 Å². The highest BCUT2D eigenvalue weighted by Gasteiger charge is 2.41. The number of hydrogen-bond donors (Lipinski definition) is 1. The molecule has 0 spiro atoms. The number of rotatable bonds is 2. The van der Waals surface area contributed by atoms with Crippen molar-refractivity contribution >= 4 is 26.0 Å². The molecule has 0 bridgehead atoms. The van der Waals surface area contributed by atoms with Crippen molar-refractivity contribution in [3.05, 3.63) is 22.9 Å². The average molecular weight is 332 g/mol. The molecule has 1 aromatic heterocycles. The highest BCUT2D eigenvalue weighted by molar-refractivity contribution is 9.10. The van der Waals surface area contributed by atoms with Gasteiger partial charge in [0.05, 0.1) is 0 Å². The lowest BCUT2D eigenvalue weighted by Crippen LogP contribution is -2.32. The van der Waals surface area contributed by atoms with Crippen LogP contribution in [0.1, 0.15) is 0 Å². The van der Waals surface area contributed by atoms with E-state index < -0.39 is 10.0 Å². The summed E-state index contributed by atoms with van der Waals surface area (Å²) in [7, 11) is -3.39. The number of nitrogens with zero attached hydrogens (tertiary/aromatic N) is 2. The van der Waals surface area contributed by atoms with E-state index in [1.807, 2.05) is 0 Å². The van der Waals surface area contributed by atoms with Crippen molar-refractivity contribution in [2.75, 3.05) is 26.2 Å². The van der Waals surface area contributed by atoms with Crippen LogP contribution in [0, 0.1) is 11.8 Å². The molecule has 0 aliphatic carbocycles. The molecule has 0 radical (unpaired) electrons. The van der Waals surface area contributed by atoms with E-state index in [0.717, 1.165) is 13.1 Å². The maximum Gasteiger partial charge on any atom is 0.244 e. The summed E-state index contributed by atoms with van der Waals surface area (Å²) in [5.41, 5.74) is 0. The second kappa shape index (κ2) is 4.56. The molecule has 2 saturated heterocycles. The van der Waals surface area contributed by atoms with Gasteiger partial charge in [-0.05, 0) is 46.9 Å². The van der Waals surface area contributed by atoms with Crippen molar-refractivity contribution in [3.8, 4) is 0 Å². The molecular weight excluding hydrogens is 318 g/mol. The Balaban J connectivity index is 1.87. The molecule has 3 heterocycles. The van der Waals surface area contributed by atoms with Gasteiger partial charge in [-0.1, -0.05) is 0 Å². The van der Waals surface area contributed by atoms with Crippen LogP contribution < -0.4 is 5.32 Å². The number of halogens is 1. The number of fused-ring (bicyclic) bond motifs is 1. The van der Waals surface area contributed by atoms with Gasteiger partial charge in [-0.2, -0.15) is 4.31 Å². The molecule has 2 fully saturated rings. The molecule has 3 rings (SSSR count). The van der Waals surface area contributed by atoms with E-state index in [1.165, 1.54) is 6.20 Å². The minimum absolute atomic E-state index is 0.268. The van der Waals surface area contributed by atoms with Gasteiger partial charge in [0.15, 0.2) is 0 Å². The van der Waals surface area contributed by atoms with Crippen molar-refractivity contribution in [1.29, 1.82) is 0 Å². The van der Waals surface area contributed by atoms with Crippen LogP contribution in [0.3, 0.4) is 0 Å². The fraction of sp³-hybridized carbons (Fsp3) is 0.545. The number of hydrogen-bond acceptors (Lipinski definition) is 4. The fourth-order valence-corrected chi connectivity index (χ4v) is 4.75. The molecule has 2 aliphatic rings. The topological polar surface area (TPSA) is 62.3 Å². The van der Waals surface area contributed by atoms with Crippen LogP contribution >= 0.6 is 15.9 Å². The maximum absolute atomic E-state index is 12.5. The fourth-order valence-electron chi connectivity index (χ4n) is 2.69. The Kier molecular flexibility index (Phi) is 3.17. The monoisotopic (exact) mass is 331 g/mol. The van der Waals surface area contributed by atoms with E-state index in [1.54, 1.807) is 16.6 Å². The Morgan fingerprint density at radius 2 is 1.94 bits per heavy atom. The normalized spacial score (nSPS) is 28.5. The van der Waals surface area contributed by atoms with Gasteiger partial charge in [0.1, 0.15) is 4.90 Å². The summed E-state index contributed by atoms with van der Waals surface area (Å²) in [4.78, 5) is 4.20. The van der Waals surface area contributed by atoms with Gasteiger partial charge >= 0.3 is 0 Å². The summed E-state index contributed by atoms with van der Waals surface area (Å²) >= 11 is 3.26. The van der Waals surface area contributed by atoms with Crippen molar-refractivity contribution in [2.24, 2.45) is 11.8 Å². The summed E-state index contributed by atoms with van der Waals surface area (Å²) in [5, 5.41) is 3.30. The van der Waals surface area contributed by atoms with Crippen molar-refractivity contribution in [1.82, 2.24) is 14.6 Å². The van der Waals surface area contributed by atoms with Crippen molar-refractivity contribution in [2.45, 2.75) is 4.90 Å². The van der Waals surface area contributed by atoms with Crippen LogP contribution in [0.4, 0.5) is 0 Å². The third-order valence-corrected chi connectivity index (χ3v) is 5.90. The van der Waals surface area contributed by atoms with Gasteiger partial charge in [-0.15, -0.1) is 0 Å². The summed E-state index contributed by atoms with van der Waals surface area (Å²) in [5.74, 6) is 0.916. The molecule has 18 heavy (non-hydrogen) atoms. The molecule has 5 nitrogen and oxygen atoms in total. The zero-order chi connectivity index (χ0) is 12.8. The molecule has 2 aliphatic heterocycles. The average Bonchev–Trinajstić information content (AvgIpc) is 2.89. The Bertz CT molecular complexity index is 551. The van der Waals surface area contributed by atoms with Gasteiger partial charge in [0.2, 0.25) is 10.0 Å². The number of aromatic nitrogens is 1. The third kappa shape index (κ3) is 2.09. The lowest BCUT2D eigenvalue weighted by atomic mass is 10.0. The Hall–Kier alpha value is -0.500. The second-order valence-electron chi connectivity index (χ2n) is 4.84. The van der Waals surface area contributed by atoms with E-state index in [4.69, 9.17) is 0 Å². The predicted molar refractivity (Wildman–Crippen MR) is 70.5 cm³/mol. The Morgan fingerprint density at radius 1 is 1.28 bits per heavy atom. The van der Waals surface area contributed by atoms with Crippen LogP contribution in [0.25, 0.3) is 0 Å². The van der Waals surface area contributed by atoms with Gasteiger partial charge in [0.25, 0.3) is 0 Å². The van der Waals surface area contributed by atoms with Crippen molar-refractivity contribution < 1.29 is 8.42 Å². The number of nitrogens with one attached hydrogen (secondary N) is 1. The summed E-state index contributed by atoms with van der Waals surface area (Å²) < 4.78 is 27.2. The predicted octanol–water partition coefficient (Wildman–Crippen LogP) is 0.684. The van der Waals surface area contributed by atoms with Gasteiger partial charge in [-0.3, -0.25) is 4.98 Å². The zero-order valence-electron chi connectivity index (χ0n) is 9.71. The molecule has 2 unspecified atom stereocenters. The molecule has 0 aromatic carbocycles. The molecular formula is C11H14BrN3O2S. The maximum atomic E-state index is 12.5. The molecule has 7 heteroatoms.